The minimum absolute atomic E-state index is 0.231. The predicted molar refractivity (Wildman–Crippen MR) is 103 cm³/mol. The highest BCUT2D eigenvalue weighted by atomic mass is 19.1. The maximum absolute atomic E-state index is 14.3. The van der Waals surface area contributed by atoms with Crippen LogP contribution in [0, 0.1) is 5.82 Å². The van der Waals surface area contributed by atoms with E-state index in [1.165, 1.54) is 24.4 Å². The first-order chi connectivity index (χ1) is 13.5. The van der Waals surface area contributed by atoms with Gasteiger partial charge in [-0.2, -0.15) is 0 Å². The van der Waals surface area contributed by atoms with Crippen LogP contribution in [0.3, 0.4) is 0 Å². The van der Waals surface area contributed by atoms with E-state index in [-0.39, 0.29) is 18.3 Å². The van der Waals surface area contributed by atoms with Crippen LogP contribution in [0.15, 0.2) is 29.3 Å². The zero-order chi connectivity index (χ0) is 19.8. The number of amides is 3. The van der Waals surface area contributed by atoms with Crippen LogP contribution >= 0.6 is 0 Å². The first-order valence-corrected chi connectivity index (χ1v) is 9.69. The van der Waals surface area contributed by atoms with Gasteiger partial charge in [0, 0.05) is 19.7 Å². The Morgan fingerprint density at radius 3 is 2.54 bits per heavy atom. The second-order valence-electron chi connectivity index (χ2n) is 7.58. The Labute approximate surface area is 163 Å². The summed E-state index contributed by atoms with van der Waals surface area (Å²) in [5.41, 5.74) is 0.505. The molecule has 0 spiro atoms. The first kappa shape index (κ1) is 18.7. The highest BCUT2D eigenvalue weighted by molar-refractivity contribution is 6.23. The smallest absolute Gasteiger partial charge is 0.292 e. The predicted octanol–water partition coefficient (Wildman–Crippen LogP) is 1.53. The quantitative estimate of drug-likeness (QED) is 0.738. The zero-order valence-electron chi connectivity index (χ0n) is 16.3. The highest BCUT2D eigenvalue weighted by Gasteiger charge is 2.53. The Morgan fingerprint density at radius 2 is 1.82 bits per heavy atom. The first-order valence-electron chi connectivity index (χ1n) is 9.69. The van der Waals surface area contributed by atoms with Crippen molar-refractivity contribution in [1.82, 2.24) is 14.7 Å². The molecule has 0 aromatic heterocycles. The van der Waals surface area contributed by atoms with Crippen LogP contribution in [0.5, 0.6) is 0 Å². The molecule has 0 saturated carbocycles. The van der Waals surface area contributed by atoms with Crippen molar-refractivity contribution in [2.24, 2.45) is 4.99 Å². The van der Waals surface area contributed by atoms with E-state index in [4.69, 9.17) is 0 Å². The molecule has 1 unspecified atom stereocenters. The van der Waals surface area contributed by atoms with E-state index in [2.05, 4.69) is 9.89 Å². The monoisotopic (exact) mass is 386 g/mol. The van der Waals surface area contributed by atoms with Crippen molar-refractivity contribution in [1.29, 1.82) is 0 Å². The number of carbonyl (C=O) groups excluding carboxylic acids is 2. The van der Waals surface area contributed by atoms with Gasteiger partial charge in [0.25, 0.3) is 17.8 Å². The van der Waals surface area contributed by atoms with E-state index in [0.717, 1.165) is 30.8 Å². The summed E-state index contributed by atoms with van der Waals surface area (Å²) in [6.07, 6.45) is 3.50. The van der Waals surface area contributed by atoms with Gasteiger partial charge in [0.1, 0.15) is 18.9 Å². The number of likely N-dealkylation sites (N-methyl/N-ethyl adjacent to an activating group) is 2. The van der Waals surface area contributed by atoms with Gasteiger partial charge in [0.15, 0.2) is 0 Å². The lowest BCUT2D eigenvalue weighted by atomic mass is 10.1. The fraction of sp³-hybridized carbons (Fsp3) is 0.500. The van der Waals surface area contributed by atoms with Crippen LogP contribution in [-0.4, -0.2) is 82.7 Å². The third-order valence-electron chi connectivity index (χ3n) is 5.73. The number of imide groups is 1. The van der Waals surface area contributed by atoms with Crippen LogP contribution in [0.25, 0.3) is 0 Å². The molecule has 7 nitrogen and oxygen atoms in total. The molecular formula is C20H25FN5O2+. The lowest BCUT2D eigenvalue weighted by Crippen LogP contribution is -2.61. The van der Waals surface area contributed by atoms with Crippen molar-refractivity contribution in [3.05, 3.63) is 35.6 Å². The third-order valence-corrected chi connectivity index (χ3v) is 5.73. The number of hydrogen-bond acceptors (Lipinski definition) is 4. The van der Waals surface area contributed by atoms with Gasteiger partial charge in [-0.25, -0.2) is 13.8 Å². The summed E-state index contributed by atoms with van der Waals surface area (Å²) in [6.45, 7) is 2.78. The molecule has 8 heteroatoms. The van der Waals surface area contributed by atoms with Gasteiger partial charge in [0.05, 0.1) is 0 Å². The number of hydrogen-bond donors (Lipinski definition) is 0. The SMILES string of the molecule is CN1C(=O)C2C(=NC(CN3CCCCC3)=[N+]2Cc2ccccc2F)N(C)C1=O. The lowest BCUT2D eigenvalue weighted by Gasteiger charge is -2.30. The summed E-state index contributed by atoms with van der Waals surface area (Å²) < 4.78 is 16.2. The molecule has 0 N–H and O–H groups in total. The molecule has 3 heterocycles. The minimum Gasteiger partial charge on any atom is -0.292 e. The molecule has 2 fully saturated rings. The third kappa shape index (κ3) is 3.22. The molecule has 0 radical (unpaired) electrons. The summed E-state index contributed by atoms with van der Waals surface area (Å²) in [5, 5.41) is 0. The molecule has 3 amide bonds. The molecule has 148 valence electrons. The Bertz CT molecular complexity index is 875. The second kappa shape index (κ2) is 7.43. The number of rotatable bonds is 4. The van der Waals surface area contributed by atoms with Crippen molar-refractivity contribution < 1.29 is 18.6 Å². The maximum atomic E-state index is 14.3. The van der Waals surface area contributed by atoms with Gasteiger partial charge < -0.3 is 0 Å². The molecule has 4 rings (SSSR count). The van der Waals surface area contributed by atoms with Crippen LogP contribution in [-0.2, 0) is 11.3 Å². The summed E-state index contributed by atoms with van der Waals surface area (Å²) in [6, 6.07) is 5.47. The summed E-state index contributed by atoms with van der Waals surface area (Å²) >= 11 is 0. The van der Waals surface area contributed by atoms with Crippen molar-refractivity contribution >= 4 is 23.6 Å². The number of urea groups is 1. The van der Waals surface area contributed by atoms with Crippen LogP contribution < -0.4 is 0 Å². The van der Waals surface area contributed by atoms with E-state index in [0.29, 0.717) is 23.8 Å². The number of likely N-dealkylation sites (tertiary alicyclic amines) is 1. The van der Waals surface area contributed by atoms with Crippen LogP contribution in [0.4, 0.5) is 9.18 Å². The molecule has 2 saturated heterocycles. The van der Waals surface area contributed by atoms with E-state index in [1.54, 1.807) is 25.2 Å². The molecule has 1 aromatic carbocycles. The van der Waals surface area contributed by atoms with Gasteiger partial charge in [-0.3, -0.25) is 19.5 Å². The number of aliphatic imine (C=N–C) groups is 1. The van der Waals surface area contributed by atoms with E-state index < -0.39 is 12.1 Å². The second-order valence-corrected chi connectivity index (χ2v) is 7.58. The molecular weight excluding hydrogens is 361 g/mol. The Morgan fingerprint density at radius 1 is 1.11 bits per heavy atom. The minimum atomic E-state index is -0.702. The maximum Gasteiger partial charge on any atom is 0.333 e. The van der Waals surface area contributed by atoms with E-state index >= 15 is 0 Å². The molecule has 3 aliphatic heterocycles. The highest BCUT2D eigenvalue weighted by Crippen LogP contribution is 2.22. The molecule has 0 aliphatic carbocycles. The fourth-order valence-electron chi connectivity index (χ4n) is 4.09. The number of nitrogens with zero attached hydrogens (tertiary/aromatic N) is 5. The summed E-state index contributed by atoms with van der Waals surface area (Å²) in [7, 11) is 3.10. The Kier molecular flexibility index (Phi) is 4.97. The van der Waals surface area contributed by atoms with E-state index in [9.17, 15) is 14.0 Å². The van der Waals surface area contributed by atoms with Gasteiger partial charge in [0.2, 0.25) is 0 Å². The van der Waals surface area contributed by atoms with E-state index in [1.807, 2.05) is 4.58 Å². The van der Waals surface area contributed by atoms with Crippen molar-refractivity contribution in [2.75, 3.05) is 33.7 Å². The molecule has 0 bridgehead atoms. The number of benzene rings is 1. The average Bonchev–Trinajstić information content (AvgIpc) is 3.05. The fourth-order valence-corrected chi connectivity index (χ4v) is 4.09. The van der Waals surface area contributed by atoms with Gasteiger partial charge in [-0.05, 0) is 37.0 Å². The number of amidine groups is 2. The van der Waals surface area contributed by atoms with Crippen LogP contribution in [0.2, 0.25) is 0 Å². The lowest BCUT2D eigenvalue weighted by molar-refractivity contribution is -0.552. The van der Waals surface area contributed by atoms with Crippen molar-refractivity contribution in [3.8, 4) is 0 Å². The van der Waals surface area contributed by atoms with Gasteiger partial charge >= 0.3 is 11.9 Å². The summed E-state index contributed by atoms with van der Waals surface area (Å²) in [4.78, 5) is 34.8. The van der Waals surface area contributed by atoms with Crippen molar-refractivity contribution in [3.63, 3.8) is 0 Å². The van der Waals surface area contributed by atoms with Crippen molar-refractivity contribution in [2.45, 2.75) is 31.8 Å². The Hall–Kier alpha value is -2.61. The normalized spacial score (nSPS) is 23.4. The van der Waals surface area contributed by atoms with Gasteiger partial charge in [-0.15, -0.1) is 0 Å². The Balaban J connectivity index is 1.72. The number of carbonyl (C=O) groups is 2. The standard InChI is InChI=1S/C20H25FN5O2/c1-23-18-17(19(27)24(2)20(23)28)26(12-14-8-4-5-9-15(14)21)16(22-18)13-25-10-6-3-7-11-25/h4-5,8-9,17H,3,6-7,10-13H2,1-2H3/q+1. The topological polar surface area (TPSA) is 59.2 Å². The number of piperidine rings is 1. The van der Waals surface area contributed by atoms with Gasteiger partial charge in [-0.1, -0.05) is 24.6 Å². The molecule has 3 aliphatic rings. The molecule has 1 aromatic rings. The molecule has 1 atom stereocenters. The number of halogens is 1. The summed E-state index contributed by atoms with van der Waals surface area (Å²) in [5.74, 6) is 0.506. The van der Waals surface area contributed by atoms with Crippen LogP contribution in [0.1, 0.15) is 24.8 Å². The molecule has 28 heavy (non-hydrogen) atoms. The zero-order valence-corrected chi connectivity index (χ0v) is 16.3. The average molecular weight is 386 g/mol. The number of fused-ring (bicyclic) bond motifs is 1. The largest absolute Gasteiger partial charge is 0.333 e.